The number of alkyl halides is 2. The van der Waals surface area contributed by atoms with Gasteiger partial charge in [0.25, 0.3) is 5.92 Å². The normalized spacial score (nSPS) is 15.8. The Bertz CT molecular complexity index is 1710. The first-order valence-electron chi connectivity index (χ1n) is 12.5. The van der Waals surface area contributed by atoms with Gasteiger partial charge in [0.1, 0.15) is 0 Å². The number of allylic oxidation sites excluding steroid dienone is 2. The van der Waals surface area contributed by atoms with E-state index >= 15 is 0 Å². The summed E-state index contributed by atoms with van der Waals surface area (Å²) in [7, 11) is 0. The van der Waals surface area contributed by atoms with Gasteiger partial charge in [0.2, 0.25) is 0 Å². The zero-order chi connectivity index (χ0) is 27.1. The molecule has 0 bridgehead atoms. The molecule has 5 aromatic rings. The summed E-state index contributed by atoms with van der Waals surface area (Å²) < 4.78 is 41.1. The highest BCUT2D eigenvalue weighted by Crippen LogP contribution is 2.36. The fourth-order valence-electron chi connectivity index (χ4n) is 5.05. The SMILES string of the molecule is C=C/C=C(/c1ccc(F)s1)c1cc(-c2[nH]nc3ncc(-c4cncc(CN5CCC(F)(F)C5)c4)cc23)[nH]c1C. The number of H-pyrrole nitrogens is 2. The van der Waals surface area contributed by atoms with Crippen molar-refractivity contribution < 1.29 is 13.2 Å². The van der Waals surface area contributed by atoms with Crippen molar-refractivity contribution in [2.24, 2.45) is 0 Å². The first-order chi connectivity index (χ1) is 18.8. The Balaban J connectivity index is 1.33. The highest BCUT2D eigenvalue weighted by Gasteiger charge is 2.37. The van der Waals surface area contributed by atoms with Crippen LogP contribution in [0.5, 0.6) is 0 Å². The van der Waals surface area contributed by atoms with Crippen molar-refractivity contribution >= 4 is 27.9 Å². The van der Waals surface area contributed by atoms with E-state index in [4.69, 9.17) is 0 Å². The van der Waals surface area contributed by atoms with Gasteiger partial charge >= 0.3 is 0 Å². The molecule has 1 fully saturated rings. The van der Waals surface area contributed by atoms with Gasteiger partial charge in [-0.1, -0.05) is 18.7 Å². The van der Waals surface area contributed by atoms with Crippen molar-refractivity contribution in [3.63, 3.8) is 0 Å². The third kappa shape index (κ3) is 5.05. The predicted molar refractivity (Wildman–Crippen MR) is 148 cm³/mol. The van der Waals surface area contributed by atoms with E-state index in [0.717, 1.165) is 66.5 Å². The number of pyridine rings is 2. The van der Waals surface area contributed by atoms with E-state index in [2.05, 4.69) is 31.7 Å². The summed E-state index contributed by atoms with van der Waals surface area (Å²) in [4.78, 5) is 14.9. The van der Waals surface area contributed by atoms with Crippen LogP contribution in [0.15, 0.2) is 67.7 Å². The molecule has 0 aliphatic carbocycles. The molecule has 39 heavy (non-hydrogen) atoms. The molecule has 0 aromatic carbocycles. The minimum Gasteiger partial charge on any atom is -0.357 e. The Kier molecular flexibility index (Phi) is 6.44. The predicted octanol–water partition coefficient (Wildman–Crippen LogP) is 6.98. The lowest BCUT2D eigenvalue weighted by atomic mass is 10.0. The number of aromatic amines is 2. The summed E-state index contributed by atoms with van der Waals surface area (Å²) in [5, 5.41) is 8.05. The zero-order valence-corrected chi connectivity index (χ0v) is 22.0. The van der Waals surface area contributed by atoms with Gasteiger partial charge in [-0.3, -0.25) is 15.0 Å². The molecular formula is C29H25F3N6S. The van der Waals surface area contributed by atoms with Crippen molar-refractivity contribution in [3.8, 4) is 22.5 Å². The third-order valence-electron chi connectivity index (χ3n) is 6.89. The van der Waals surface area contributed by atoms with Crippen molar-refractivity contribution in [2.75, 3.05) is 13.1 Å². The number of hydrogen-bond donors (Lipinski definition) is 2. The minimum atomic E-state index is -2.63. The molecule has 0 radical (unpaired) electrons. The second-order valence-electron chi connectivity index (χ2n) is 9.73. The Morgan fingerprint density at radius 3 is 2.77 bits per heavy atom. The number of halogens is 3. The number of nitrogens with one attached hydrogen (secondary N) is 2. The average Bonchev–Trinajstić information content (AvgIpc) is 3.69. The molecule has 198 valence electrons. The lowest BCUT2D eigenvalue weighted by Gasteiger charge is -2.15. The average molecular weight is 547 g/mol. The molecule has 0 unspecified atom stereocenters. The van der Waals surface area contributed by atoms with Crippen molar-refractivity contribution in [1.82, 2.24) is 30.0 Å². The van der Waals surface area contributed by atoms with E-state index in [9.17, 15) is 13.2 Å². The molecule has 6 nitrogen and oxygen atoms in total. The van der Waals surface area contributed by atoms with E-state index in [1.54, 1.807) is 35.6 Å². The first kappa shape index (κ1) is 25.3. The fraction of sp³-hybridized carbons (Fsp3) is 0.207. The second kappa shape index (κ2) is 9.94. The van der Waals surface area contributed by atoms with Crippen molar-refractivity contribution in [3.05, 3.63) is 94.5 Å². The van der Waals surface area contributed by atoms with Gasteiger partial charge in [0.05, 0.1) is 17.9 Å². The minimum absolute atomic E-state index is 0.112. The lowest BCUT2D eigenvalue weighted by Crippen LogP contribution is -2.24. The molecule has 0 amide bonds. The van der Waals surface area contributed by atoms with Crippen LogP contribution in [0.4, 0.5) is 13.2 Å². The number of aromatic nitrogens is 5. The van der Waals surface area contributed by atoms with Crippen LogP contribution in [0, 0.1) is 12.1 Å². The van der Waals surface area contributed by atoms with Crippen LogP contribution >= 0.6 is 11.3 Å². The van der Waals surface area contributed by atoms with Crippen LogP contribution in [0.1, 0.15) is 28.1 Å². The van der Waals surface area contributed by atoms with Gasteiger partial charge in [-0.25, -0.2) is 13.8 Å². The monoisotopic (exact) mass is 546 g/mol. The van der Waals surface area contributed by atoms with Crippen LogP contribution in [-0.2, 0) is 6.54 Å². The smallest absolute Gasteiger partial charge is 0.261 e. The van der Waals surface area contributed by atoms with Gasteiger partial charge in [0.15, 0.2) is 10.8 Å². The summed E-state index contributed by atoms with van der Waals surface area (Å²) in [5.41, 5.74) is 7.44. The van der Waals surface area contributed by atoms with E-state index in [-0.39, 0.29) is 18.1 Å². The Morgan fingerprint density at radius 2 is 2.03 bits per heavy atom. The standard InChI is InChI=1S/C29H25F3N6S/c1-3-4-21(25-5-6-26(30)39-25)22-11-24(35-17(22)2)27-23-10-20(14-34-28(23)37-36-27)19-9-18(12-33-13-19)15-38-8-7-29(31,32)16-38/h3-6,9-14,35H,1,7-8,15-16H2,2H3,(H,34,36,37)/b21-4+. The summed E-state index contributed by atoms with van der Waals surface area (Å²) in [6, 6.07) is 9.20. The topological polar surface area (TPSA) is 73.5 Å². The van der Waals surface area contributed by atoms with E-state index in [0.29, 0.717) is 18.7 Å². The maximum absolute atomic E-state index is 13.8. The molecular weight excluding hydrogens is 521 g/mol. The Hall–Kier alpha value is -4.02. The number of aryl methyl sites for hydroxylation is 1. The van der Waals surface area contributed by atoms with Gasteiger partial charge in [-0.05, 0) is 42.8 Å². The maximum Gasteiger partial charge on any atom is 0.261 e. The molecule has 6 rings (SSSR count). The third-order valence-corrected chi connectivity index (χ3v) is 7.80. The van der Waals surface area contributed by atoms with Crippen LogP contribution in [-0.4, -0.2) is 49.1 Å². The molecule has 0 spiro atoms. The van der Waals surface area contributed by atoms with Crippen molar-refractivity contribution in [1.29, 1.82) is 0 Å². The summed E-state index contributed by atoms with van der Waals surface area (Å²) in [6.07, 6.45) is 8.65. The number of likely N-dealkylation sites (tertiary alicyclic amines) is 1. The van der Waals surface area contributed by atoms with Gasteiger partial charge in [0, 0.05) is 76.3 Å². The second-order valence-corrected chi connectivity index (χ2v) is 10.8. The largest absolute Gasteiger partial charge is 0.357 e. The molecule has 5 aromatic heterocycles. The molecule has 1 aliphatic heterocycles. The van der Waals surface area contributed by atoms with Gasteiger partial charge in [-0.15, -0.1) is 11.3 Å². The summed E-state index contributed by atoms with van der Waals surface area (Å²) in [5.74, 6) is -2.63. The molecule has 0 saturated carbocycles. The molecule has 10 heteroatoms. The quantitative estimate of drug-likeness (QED) is 0.216. The van der Waals surface area contributed by atoms with Gasteiger partial charge < -0.3 is 4.98 Å². The van der Waals surface area contributed by atoms with E-state index in [1.807, 2.05) is 31.2 Å². The number of rotatable bonds is 7. The number of thiophene rings is 1. The van der Waals surface area contributed by atoms with Crippen LogP contribution in [0.25, 0.3) is 39.1 Å². The van der Waals surface area contributed by atoms with E-state index < -0.39 is 5.92 Å². The fourth-order valence-corrected chi connectivity index (χ4v) is 5.82. The molecule has 1 aliphatic rings. The first-order valence-corrected chi connectivity index (χ1v) is 13.3. The number of fused-ring (bicyclic) bond motifs is 1. The van der Waals surface area contributed by atoms with E-state index in [1.165, 1.54) is 6.07 Å². The molecule has 1 saturated heterocycles. The Labute approximate surface area is 226 Å². The van der Waals surface area contributed by atoms with Crippen LogP contribution in [0.3, 0.4) is 0 Å². The van der Waals surface area contributed by atoms with Crippen LogP contribution < -0.4 is 0 Å². The summed E-state index contributed by atoms with van der Waals surface area (Å²) in [6.45, 7) is 6.35. The lowest BCUT2D eigenvalue weighted by molar-refractivity contribution is 0.0115. The molecule has 0 atom stereocenters. The highest BCUT2D eigenvalue weighted by molar-refractivity contribution is 7.11. The van der Waals surface area contributed by atoms with Gasteiger partial charge in [-0.2, -0.15) is 9.49 Å². The zero-order valence-electron chi connectivity index (χ0n) is 21.1. The Morgan fingerprint density at radius 1 is 1.18 bits per heavy atom. The molecule has 6 heterocycles. The maximum atomic E-state index is 13.8. The number of nitrogens with zero attached hydrogens (tertiary/aromatic N) is 4. The summed E-state index contributed by atoms with van der Waals surface area (Å²) >= 11 is 1.09. The molecule has 2 N–H and O–H groups in total. The highest BCUT2D eigenvalue weighted by atomic mass is 32.1. The van der Waals surface area contributed by atoms with Crippen LogP contribution in [0.2, 0.25) is 0 Å². The van der Waals surface area contributed by atoms with Crippen molar-refractivity contribution in [2.45, 2.75) is 25.8 Å². The number of hydrogen-bond acceptors (Lipinski definition) is 5.